The van der Waals surface area contributed by atoms with Crippen molar-refractivity contribution in [3.63, 3.8) is 0 Å². The molecule has 2 nitrogen and oxygen atoms in total. The second-order valence-electron chi connectivity index (χ2n) is 9.02. The number of rotatable bonds is 11. The molecule has 0 N–H and O–H groups in total. The van der Waals surface area contributed by atoms with Gasteiger partial charge in [0.1, 0.15) is 0 Å². The van der Waals surface area contributed by atoms with E-state index in [1.807, 2.05) is 0 Å². The van der Waals surface area contributed by atoms with Gasteiger partial charge < -0.3 is 9.16 Å². The van der Waals surface area contributed by atoms with Gasteiger partial charge >= 0.3 is 17.1 Å². The smallest absolute Gasteiger partial charge is 0.417 e. The zero-order chi connectivity index (χ0) is 20.9. The second kappa shape index (κ2) is 15.2. The summed E-state index contributed by atoms with van der Waals surface area (Å²) in [5.41, 5.74) is 2.71. The predicted molar refractivity (Wildman–Crippen MR) is 125 cm³/mol. The molecule has 0 aromatic heterocycles. The molecule has 0 saturated carbocycles. The van der Waals surface area contributed by atoms with Crippen molar-refractivity contribution >= 4 is 8.32 Å². The molecule has 2 aromatic rings. The average molecular weight is 459 g/mol. The molecule has 0 unspecified atom stereocenters. The normalized spacial score (nSPS) is 11.5. The maximum absolute atomic E-state index is 6.18. The summed E-state index contributed by atoms with van der Waals surface area (Å²) < 4.78 is 11.8. The summed E-state index contributed by atoms with van der Waals surface area (Å²) >= 11 is 0. The quantitative estimate of drug-likeness (QED) is 0.198. The molecule has 0 aliphatic heterocycles. The molecule has 0 bridgehead atoms. The van der Waals surface area contributed by atoms with Crippen LogP contribution in [0.3, 0.4) is 0 Å². The Bertz CT molecular complexity index is 583. The Labute approximate surface area is 191 Å². The zero-order valence-corrected chi connectivity index (χ0v) is 21.5. The Kier molecular flexibility index (Phi) is 14.9. The first kappa shape index (κ1) is 28.4. The standard InChI is InChI=1S/C18H33O2Si.C7H9.Fe/c1-18(2,3)21(4,5)20-15-11-7-6-10-14-19-16-17-12-8-9-13-17;1-2-7-5-3-4-6-7;/h8-9,12-13H,6-7,10-11,14-16H2,1-5H3;3-6H,2H2,1H3;/q2*-1;+2. The van der Waals surface area contributed by atoms with Crippen LogP contribution in [0.5, 0.6) is 0 Å². The van der Waals surface area contributed by atoms with Crippen LogP contribution < -0.4 is 0 Å². The topological polar surface area (TPSA) is 18.5 Å². The monoisotopic (exact) mass is 458 g/mol. The summed E-state index contributed by atoms with van der Waals surface area (Å²) in [6, 6.07) is 16.7. The van der Waals surface area contributed by atoms with Crippen LogP contribution in [0.4, 0.5) is 0 Å². The van der Waals surface area contributed by atoms with Crippen molar-refractivity contribution in [3.8, 4) is 0 Å². The van der Waals surface area contributed by atoms with Gasteiger partial charge in [0.2, 0.25) is 0 Å². The fraction of sp³-hybridized carbons (Fsp3) is 0.600. The van der Waals surface area contributed by atoms with Crippen LogP contribution in [-0.4, -0.2) is 21.5 Å². The van der Waals surface area contributed by atoms with E-state index < -0.39 is 8.32 Å². The van der Waals surface area contributed by atoms with Crippen LogP contribution in [0.15, 0.2) is 48.5 Å². The summed E-state index contributed by atoms with van der Waals surface area (Å²) in [5.74, 6) is 0. The molecule has 0 heterocycles. The minimum atomic E-state index is -1.54. The van der Waals surface area contributed by atoms with Crippen molar-refractivity contribution in [3.05, 3.63) is 59.7 Å². The fourth-order valence-electron chi connectivity index (χ4n) is 2.55. The van der Waals surface area contributed by atoms with Gasteiger partial charge in [-0.3, -0.25) is 0 Å². The van der Waals surface area contributed by atoms with E-state index in [2.05, 4.69) is 89.3 Å². The maximum atomic E-state index is 6.18. The van der Waals surface area contributed by atoms with Crippen molar-refractivity contribution < 1.29 is 26.2 Å². The average Bonchev–Trinajstić information content (AvgIpc) is 3.33. The van der Waals surface area contributed by atoms with E-state index in [4.69, 9.17) is 9.16 Å². The van der Waals surface area contributed by atoms with E-state index in [1.165, 1.54) is 30.4 Å². The number of hydrogen-bond donors (Lipinski definition) is 0. The van der Waals surface area contributed by atoms with Crippen LogP contribution in [0.1, 0.15) is 64.5 Å². The summed E-state index contributed by atoms with van der Waals surface area (Å²) in [7, 11) is -1.54. The van der Waals surface area contributed by atoms with Gasteiger partial charge in [-0.05, 0) is 31.0 Å². The Morgan fingerprint density at radius 1 is 0.862 bits per heavy atom. The summed E-state index contributed by atoms with van der Waals surface area (Å²) in [5, 5.41) is 0.321. The largest absolute Gasteiger partial charge is 2.00 e. The number of hydrogen-bond acceptors (Lipinski definition) is 2. The van der Waals surface area contributed by atoms with Crippen molar-refractivity contribution in [2.75, 3.05) is 13.2 Å². The van der Waals surface area contributed by atoms with E-state index >= 15 is 0 Å². The SMILES string of the molecule is CC(C)(C)[Si](C)(C)OCCCCCCOCc1ccc[cH-]1.CCc1ccc[cH-]1.[Fe+2]. The van der Waals surface area contributed by atoms with Crippen molar-refractivity contribution in [1.29, 1.82) is 0 Å². The van der Waals surface area contributed by atoms with E-state index in [-0.39, 0.29) is 17.1 Å². The molecule has 0 saturated heterocycles. The molecule has 2 aromatic carbocycles. The van der Waals surface area contributed by atoms with Crippen LogP contribution in [0, 0.1) is 0 Å². The van der Waals surface area contributed by atoms with E-state index in [0.29, 0.717) is 5.04 Å². The molecule has 0 aliphatic rings. The first-order valence-corrected chi connectivity index (χ1v) is 13.8. The second-order valence-corrected chi connectivity index (χ2v) is 13.8. The molecule has 0 fully saturated rings. The molecule has 166 valence electrons. The fourth-order valence-corrected chi connectivity index (χ4v) is 3.64. The first-order valence-electron chi connectivity index (χ1n) is 10.9. The van der Waals surface area contributed by atoms with Gasteiger partial charge in [-0.15, -0.1) is 5.56 Å². The van der Waals surface area contributed by atoms with Gasteiger partial charge in [0.15, 0.2) is 8.32 Å². The Morgan fingerprint density at radius 2 is 1.41 bits per heavy atom. The van der Waals surface area contributed by atoms with Crippen LogP contribution in [0.25, 0.3) is 0 Å². The Hall–Kier alpha value is -0.644. The predicted octanol–water partition coefficient (Wildman–Crippen LogP) is 7.47. The Morgan fingerprint density at radius 3 is 1.86 bits per heavy atom. The molecule has 4 heteroatoms. The Balaban J connectivity index is 0.000000824. The van der Waals surface area contributed by atoms with Crippen molar-refractivity contribution in [1.82, 2.24) is 0 Å². The van der Waals surface area contributed by atoms with Crippen LogP contribution in [-0.2, 0) is 39.3 Å². The van der Waals surface area contributed by atoms with E-state index in [1.54, 1.807) is 0 Å². The molecule has 0 spiro atoms. The summed E-state index contributed by atoms with van der Waals surface area (Å²) in [6.45, 7) is 16.2. The van der Waals surface area contributed by atoms with Crippen LogP contribution in [0.2, 0.25) is 18.1 Å². The summed E-state index contributed by atoms with van der Waals surface area (Å²) in [6.07, 6.45) is 5.97. The van der Waals surface area contributed by atoms with E-state index in [0.717, 1.165) is 32.7 Å². The van der Waals surface area contributed by atoms with Gasteiger partial charge in [0.25, 0.3) is 0 Å². The number of aryl methyl sites for hydroxylation is 1. The van der Waals surface area contributed by atoms with Crippen molar-refractivity contribution in [2.45, 2.75) is 84.5 Å². The van der Waals surface area contributed by atoms with Gasteiger partial charge in [0, 0.05) is 19.8 Å². The maximum Gasteiger partial charge on any atom is 2.00 e. The molecule has 0 atom stereocenters. The van der Waals surface area contributed by atoms with Gasteiger partial charge in [-0.1, -0.05) is 47.0 Å². The minimum absolute atomic E-state index is 0. The van der Waals surface area contributed by atoms with E-state index in [9.17, 15) is 0 Å². The molecule has 0 radical (unpaired) electrons. The molecule has 29 heavy (non-hydrogen) atoms. The first-order chi connectivity index (χ1) is 13.3. The number of unbranched alkanes of at least 4 members (excludes halogenated alkanes) is 3. The third kappa shape index (κ3) is 12.6. The third-order valence-corrected chi connectivity index (χ3v) is 10.1. The third-order valence-electron chi connectivity index (χ3n) is 5.59. The van der Waals surface area contributed by atoms with Gasteiger partial charge in [0.05, 0.1) is 0 Å². The molecular formula is C25H42FeO2Si. The van der Waals surface area contributed by atoms with Crippen molar-refractivity contribution in [2.24, 2.45) is 0 Å². The van der Waals surface area contributed by atoms with Gasteiger partial charge in [-0.25, -0.2) is 24.3 Å². The van der Waals surface area contributed by atoms with Gasteiger partial charge in [-0.2, -0.15) is 29.8 Å². The molecule has 2 rings (SSSR count). The number of ether oxygens (including phenoxy) is 1. The van der Waals surface area contributed by atoms with Crippen LogP contribution >= 0.6 is 0 Å². The zero-order valence-electron chi connectivity index (χ0n) is 19.4. The molecule has 0 aliphatic carbocycles. The minimum Gasteiger partial charge on any atom is -0.417 e. The molecule has 0 amide bonds. The summed E-state index contributed by atoms with van der Waals surface area (Å²) in [4.78, 5) is 0. The molecular weight excluding hydrogens is 416 g/mol.